The van der Waals surface area contributed by atoms with E-state index in [2.05, 4.69) is 31.9 Å². The predicted molar refractivity (Wildman–Crippen MR) is 70.9 cm³/mol. The summed E-state index contributed by atoms with van der Waals surface area (Å²) in [7, 11) is 0. The average Bonchev–Trinajstić information content (AvgIpc) is 2.79. The van der Waals surface area contributed by atoms with Crippen LogP contribution in [-0.4, -0.2) is 29.1 Å². The van der Waals surface area contributed by atoms with Crippen molar-refractivity contribution in [1.82, 2.24) is 4.90 Å². The van der Waals surface area contributed by atoms with Crippen LogP contribution in [0, 0.1) is 0 Å². The predicted octanol–water partition coefficient (Wildman–Crippen LogP) is 3.49. The molecule has 0 bridgehead atoms. The van der Waals surface area contributed by atoms with Gasteiger partial charge in [0.2, 0.25) is 0 Å². The highest BCUT2D eigenvalue weighted by molar-refractivity contribution is 9.13. The number of carboxylic acid groups (broad SMARTS) is 1. The Morgan fingerprint density at radius 1 is 1.44 bits per heavy atom. The molecule has 1 aliphatic heterocycles. The number of rotatable bonds is 3. The van der Waals surface area contributed by atoms with E-state index in [1.54, 1.807) is 0 Å². The summed E-state index contributed by atoms with van der Waals surface area (Å²) in [4.78, 5) is 14.3. The zero-order chi connectivity index (χ0) is 11.7. The van der Waals surface area contributed by atoms with E-state index in [1.807, 2.05) is 11.0 Å². The fraction of sp³-hybridized carbons (Fsp3) is 0.500. The summed E-state index contributed by atoms with van der Waals surface area (Å²) >= 11 is 8.28. The second-order valence-electron chi connectivity index (χ2n) is 3.75. The van der Waals surface area contributed by atoms with Gasteiger partial charge in [0.05, 0.1) is 3.79 Å². The number of carboxylic acids is 1. The molecular formula is C10H11Br2NO2S. The van der Waals surface area contributed by atoms with Crippen molar-refractivity contribution in [2.24, 2.45) is 0 Å². The van der Waals surface area contributed by atoms with Crippen LogP contribution in [0.5, 0.6) is 0 Å². The Bertz CT molecular complexity index is 382. The number of hydrogen-bond acceptors (Lipinski definition) is 3. The van der Waals surface area contributed by atoms with Crippen LogP contribution < -0.4 is 0 Å². The van der Waals surface area contributed by atoms with Gasteiger partial charge >= 0.3 is 5.97 Å². The van der Waals surface area contributed by atoms with E-state index in [1.165, 1.54) is 11.3 Å². The number of nitrogens with zero attached hydrogens (tertiary/aromatic N) is 1. The van der Waals surface area contributed by atoms with Crippen molar-refractivity contribution < 1.29 is 9.90 Å². The highest BCUT2D eigenvalue weighted by Crippen LogP contribution is 2.38. The van der Waals surface area contributed by atoms with Gasteiger partial charge in [0.1, 0.15) is 6.04 Å². The minimum absolute atomic E-state index is 0.491. The van der Waals surface area contributed by atoms with Gasteiger partial charge in [-0.2, -0.15) is 0 Å². The molecule has 1 fully saturated rings. The lowest BCUT2D eigenvalue weighted by atomic mass is 10.2. The van der Waals surface area contributed by atoms with Gasteiger partial charge in [-0.15, -0.1) is 11.3 Å². The third-order valence-electron chi connectivity index (χ3n) is 2.67. The molecule has 88 valence electrons. The van der Waals surface area contributed by atoms with E-state index < -0.39 is 12.0 Å². The first-order chi connectivity index (χ1) is 7.59. The summed E-state index contributed by atoms with van der Waals surface area (Å²) in [5.41, 5.74) is 0. The van der Waals surface area contributed by atoms with E-state index >= 15 is 0 Å². The lowest BCUT2D eigenvalue weighted by molar-refractivity contribution is -0.143. The number of aliphatic carboxylic acids is 1. The van der Waals surface area contributed by atoms with Gasteiger partial charge in [0.15, 0.2) is 0 Å². The summed E-state index contributed by atoms with van der Waals surface area (Å²) < 4.78 is 1.88. The average molecular weight is 369 g/mol. The van der Waals surface area contributed by atoms with Crippen molar-refractivity contribution in [3.05, 3.63) is 19.2 Å². The Hall–Kier alpha value is 0.0900. The first-order valence-corrected chi connectivity index (χ1v) is 7.41. The van der Waals surface area contributed by atoms with Crippen LogP contribution in [-0.2, 0) is 4.79 Å². The number of likely N-dealkylation sites (tertiary alicyclic amines) is 1. The zero-order valence-corrected chi connectivity index (χ0v) is 12.4. The van der Waals surface area contributed by atoms with E-state index in [9.17, 15) is 9.90 Å². The molecule has 0 aliphatic carbocycles. The highest BCUT2D eigenvalue weighted by Gasteiger charge is 2.31. The maximum atomic E-state index is 11.3. The number of hydrogen-bond donors (Lipinski definition) is 1. The van der Waals surface area contributed by atoms with E-state index in [4.69, 9.17) is 0 Å². The molecule has 3 nitrogen and oxygen atoms in total. The van der Waals surface area contributed by atoms with Crippen molar-refractivity contribution in [2.75, 3.05) is 13.1 Å². The van der Waals surface area contributed by atoms with Crippen LogP contribution in [0.15, 0.2) is 14.3 Å². The Morgan fingerprint density at radius 2 is 2.06 bits per heavy atom. The fourth-order valence-electron chi connectivity index (χ4n) is 1.96. The first kappa shape index (κ1) is 12.5. The van der Waals surface area contributed by atoms with E-state index in [0.29, 0.717) is 0 Å². The van der Waals surface area contributed by atoms with E-state index in [0.717, 1.165) is 39.1 Å². The summed E-state index contributed by atoms with van der Waals surface area (Å²) in [5, 5.41) is 9.32. The molecular weight excluding hydrogens is 358 g/mol. The van der Waals surface area contributed by atoms with Crippen LogP contribution in [0.25, 0.3) is 0 Å². The van der Waals surface area contributed by atoms with Gasteiger partial charge in [-0.1, -0.05) is 0 Å². The van der Waals surface area contributed by atoms with Gasteiger partial charge in [-0.3, -0.25) is 9.69 Å². The smallest absolute Gasteiger partial charge is 0.326 e. The van der Waals surface area contributed by atoms with Crippen molar-refractivity contribution in [3.63, 3.8) is 0 Å². The molecule has 1 aromatic rings. The Balaban J connectivity index is 2.28. The number of carbonyl (C=O) groups is 1. The number of halogens is 2. The molecule has 0 amide bonds. The second kappa shape index (κ2) is 5.16. The molecule has 0 aromatic carbocycles. The van der Waals surface area contributed by atoms with Gasteiger partial charge in [0.25, 0.3) is 0 Å². The van der Waals surface area contributed by atoms with Gasteiger partial charge < -0.3 is 5.11 Å². The molecule has 0 radical (unpaired) electrons. The third kappa shape index (κ3) is 2.50. The molecule has 6 heteroatoms. The van der Waals surface area contributed by atoms with Crippen molar-refractivity contribution in [3.8, 4) is 0 Å². The highest BCUT2D eigenvalue weighted by atomic mass is 79.9. The zero-order valence-electron chi connectivity index (χ0n) is 8.45. The van der Waals surface area contributed by atoms with Crippen molar-refractivity contribution in [2.45, 2.75) is 18.9 Å². The topological polar surface area (TPSA) is 40.5 Å². The van der Waals surface area contributed by atoms with Gasteiger partial charge in [0, 0.05) is 9.35 Å². The summed E-state index contributed by atoms with van der Waals surface area (Å²) in [6.45, 7) is 1.76. The molecule has 0 saturated carbocycles. The molecule has 2 heterocycles. The molecule has 1 atom stereocenters. The largest absolute Gasteiger partial charge is 0.480 e. The second-order valence-corrected chi connectivity index (χ2v) is 7.01. The molecule has 1 saturated heterocycles. The van der Waals surface area contributed by atoms with Gasteiger partial charge in [-0.25, -0.2) is 0 Å². The fourth-order valence-corrected chi connectivity index (χ4v) is 4.17. The van der Waals surface area contributed by atoms with Crippen LogP contribution in [0.4, 0.5) is 0 Å². The quantitative estimate of drug-likeness (QED) is 0.887. The van der Waals surface area contributed by atoms with Gasteiger partial charge in [-0.05, 0) is 63.9 Å². The standard InChI is InChI=1S/C10H11Br2NO2S/c11-6-5-7(16-9(6)12)8(10(14)15)13-3-1-2-4-13/h5,8H,1-4H2,(H,14,15). The first-order valence-electron chi connectivity index (χ1n) is 5.01. The Morgan fingerprint density at radius 3 is 2.50 bits per heavy atom. The Labute approximate surface area is 115 Å². The van der Waals surface area contributed by atoms with Crippen molar-refractivity contribution in [1.29, 1.82) is 0 Å². The molecule has 1 aromatic heterocycles. The maximum Gasteiger partial charge on any atom is 0.326 e. The summed E-state index contributed by atoms with van der Waals surface area (Å²) in [5.74, 6) is -0.761. The molecule has 1 unspecified atom stereocenters. The van der Waals surface area contributed by atoms with Crippen molar-refractivity contribution >= 4 is 49.2 Å². The normalized spacial score (nSPS) is 18.9. The monoisotopic (exact) mass is 367 g/mol. The SMILES string of the molecule is O=C(O)C(c1cc(Br)c(Br)s1)N1CCCC1. The summed E-state index contributed by atoms with van der Waals surface area (Å²) in [6.07, 6.45) is 2.19. The van der Waals surface area contributed by atoms with Crippen LogP contribution in [0.3, 0.4) is 0 Å². The van der Waals surface area contributed by atoms with Crippen LogP contribution in [0.1, 0.15) is 23.8 Å². The molecule has 16 heavy (non-hydrogen) atoms. The maximum absolute atomic E-state index is 11.3. The lowest BCUT2D eigenvalue weighted by Crippen LogP contribution is -2.31. The Kier molecular flexibility index (Phi) is 4.05. The van der Waals surface area contributed by atoms with Crippen LogP contribution >= 0.6 is 43.2 Å². The molecule has 2 rings (SSSR count). The molecule has 1 aliphatic rings. The minimum atomic E-state index is -0.761. The minimum Gasteiger partial charge on any atom is -0.480 e. The lowest BCUT2D eigenvalue weighted by Gasteiger charge is -2.22. The third-order valence-corrected chi connectivity index (χ3v) is 5.98. The van der Waals surface area contributed by atoms with Crippen LogP contribution in [0.2, 0.25) is 0 Å². The molecule has 1 N–H and O–H groups in total. The molecule has 0 spiro atoms. The summed E-state index contributed by atoms with van der Waals surface area (Å²) in [6, 6.07) is 1.40. The number of thiophene rings is 1. The van der Waals surface area contributed by atoms with E-state index in [-0.39, 0.29) is 0 Å².